The van der Waals surface area contributed by atoms with Crippen molar-refractivity contribution in [3.63, 3.8) is 0 Å². The molecular weight excluding hydrogens is 312 g/mol. The number of carbonyl (C=O) groups is 1. The highest BCUT2D eigenvalue weighted by Gasteiger charge is 2.17. The van der Waals surface area contributed by atoms with Crippen LogP contribution in [-0.2, 0) is 6.54 Å². The van der Waals surface area contributed by atoms with Crippen molar-refractivity contribution >= 4 is 23.3 Å². The summed E-state index contributed by atoms with van der Waals surface area (Å²) < 4.78 is 0. The van der Waals surface area contributed by atoms with Crippen LogP contribution in [0.3, 0.4) is 0 Å². The molecule has 5 nitrogen and oxygen atoms in total. The number of aromatic nitrogens is 2. The van der Waals surface area contributed by atoms with Gasteiger partial charge in [-0.1, -0.05) is 29.8 Å². The number of rotatable bonds is 4. The Bertz CT molecular complexity index is 710. The lowest BCUT2D eigenvalue weighted by molar-refractivity contribution is 0.0914. The lowest BCUT2D eigenvalue weighted by Gasteiger charge is -2.20. The molecule has 1 aromatic carbocycles. The molecule has 0 atom stereocenters. The third-order valence-corrected chi connectivity index (χ3v) is 3.35. The van der Waals surface area contributed by atoms with Crippen molar-refractivity contribution in [1.29, 1.82) is 0 Å². The van der Waals surface area contributed by atoms with Gasteiger partial charge in [0.2, 0.25) is 0 Å². The van der Waals surface area contributed by atoms with Crippen LogP contribution in [0, 0.1) is 6.92 Å². The molecule has 0 unspecified atom stereocenters. The third kappa shape index (κ3) is 5.21. The van der Waals surface area contributed by atoms with Gasteiger partial charge < -0.3 is 10.6 Å². The quantitative estimate of drug-likeness (QED) is 0.898. The first kappa shape index (κ1) is 17.2. The molecule has 2 rings (SSSR count). The van der Waals surface area contributed by atoms with E-state index in [0.717, 1.165) is 5.56 Å². The fraction of sp³-hybridized carbons (Fsp3) is 0.353. The van der Waals surface area contributed by atoms with Gasteiger partial charge in [0.05, 0.1) is 0 Å². The molecule has 0 aliphatic heterocycles. The van der Waals surface area contributed by atoms with Crippen LogP contribution in [0.15, 0.2) is 30.3 Å². The molecule has 0 aliphatic carbocycles. The predicted octanol–water partition coefficient (Wildman–Crippen LogP) is 3.58. The first-order chi connectivity index (χ1) is 10.7. The lowest BCUT2D eigenvalue weighted by atomic mass is 10.1. The number of nitrogens with one attached hydrogen (secondary N) is 2. The number of amides is 1. The highest BCUT2D eigenvalue weighted by molar-refractivity contribution is 6.31. The second-order valence-corrected chi connectivity index (χ2v) is 6.74. The second-order valence-electron chi connectivity index (χ2n) is 6.33. The van der Waals surface area contributed by atoms with Crippen molar-refractivity contribution in [2.45, 2.75) is 39.8 Å². The van der Waals surface area contributed by atoms with Gasteiger partial charge in [-0.25, -0.2) is 9.97 Å². The standard InChI is InChI=1S/C17H21ClN4O/c1-11-20-14(16(23)22-17(2,3)4)9-15(21-11)19-10-12-7-5-6-8-13(12)18/h5-9H,10H2,1-4H3,(H,22,23)(H,19,20,21). The topological polar surface area (TPSA) is 66.9 Å². The van der Waals surface area contributed by atoms with Crippen molar-refractivity contribution in [3.8, 4) is 0 Å². The molecule has 0 bridgehead atoms. The predicted molar refractivity (Wildman–Crippen MR) is 92.8 cm³/mol. The number of hydrogen-bond donors (Lipinski definition) is 2. The smallest absolute Gasteiger partial charge is 0.270 e. The van der Waals surface area contributed by atoms with Crippen LogP contribution in [0.25, 0.3) is 0 Å². The summed E-state index contributed by atoms with van der Waals surface area (Å²) in [5, 5.41) is 6.77. The second kappa shape index (κ2) is 6.96. The van der Waals surface area contributed by atoms with E-state index in [-0.39, 0.29) is 11.4 Å². The van der Waals surface area contributed by atoms with Crippen molar-refractivity contribution in [3.05, 3.63) is 52.4 Å². The van der Waals surface area contributed by atoms with Crippen molar-refractivity contribution in [2.24, 2.45) is 0 Å². The Morgan fingerprint density at radius 3 is 2.57 bits per heavy atom. The van der Waals surface area contributed by atoms with E-state index in [9.17, 15) is 4.79 Å². The first-order valence-electron chi connectivity index (χ1n) is 7.40. The van der Waals surface area contributed by atoms with E-state index in [4.69, 9.17) is 11.6 Å². The summed E-state index contributed by atoms with van der Waals surface area (Å²) in [7, 11) is 0. The zero-order valence-electron chi connectivity index (χ0n) is 13.8. The summed E-state index contributed by atoms with van der Waals surface area (Å²) in [6.07, 6.45) is 0. The van der Waals surface area contributed by atoms with Gasteiger partial charge in [-0.3, -0.25) is 4.79 Å². The van der Waals surface area contributed by atoms with E-state index in [2.05, 4.69) is 20.6 Å². The highest BCUT2D eigenvalue weighted by Crippen LogP contribution is 2.17. The SMILES string of the molecule is Cc1nc(NCc2ccccc2Cl)cc(C(=O)NC(C)(C)C)n1. The van der Waals surface area contributed by atoms with Crippen molar-refractivity contribution in [1.82, 2.24) is 15.3 Å². The van der Waals surface area contributed by atoms with Crippen LogP contribution in [-0.4, -0.2) is 21.4 Å². The number of benzene rings is 1. The van der Waals surface area contributed by atoms with Gasteiger partial charge in [0.15, 0.2) is 0 Å². The zero-order chi connectivity index (χ0) is 17.0. The Morgan fingerprint density at radius 2 is 1.91 bits per heavy atom. The van der Waals surface area contributed by atoms with E-state index < -0.39 is 0 Å². The fourth-order valence-corrected chi connectivity index (χ4v) is 2.21. The van der Waals surface area contributed by atoms with Gasteiger partial charge in [-0.15, -0.1) is 0 Å². The number of aryl methyl sites for hydroxylation is 1. The maximum atomic E-state index is 12.2. The summed E-state index contributed by atoms with van der Waals surface area (Å²) in [6.45, 7) is 8.06. The molecule has 0 saturated heterocycles. The van der Waals surface area contributed by atoms with E-state index in [1.807, 2.05) is 45.0 Å². The molecule has 0 fully saturated rings. The van der Waals surface area contributed by atoms with Gasteiger partial charge in [0.1, 0.15) is 17.3 Å². The zero-order valence-corrected chi connectivity index (χ0v) is 14.5. The molecule has 23 heavy (non-hydrogen) atoms. The lowest BCUT2D eigenvalue weighted by Crippen LogP contribution is -2.41. The maximum Gasteiger partial charge on any atom is 0.270 e. The molecule has 2 N–H and O–H groups in total. The number of carbonyl (C=O) groups excluding carboxylic acids is 1. The number of nitrogens with zero attached hydrogens (tertiary/aromatic N) is 2. The summed E-state index contributed by atoms with van der Waals surface area (Å²) >= 11 is 6.14. The van der Waals surface area contributed by atoms with Crippen LogP contribution in [0.4, 0.5) is 5.82 Å². The Morgan fingerprint density at radius 1 is 1.22 bits per heavy atom. The Balaban J connectivity index is 2.14. The number of halogens is 1. The first-order valence-corrected chi connectivity index (χ1v) is 7.78. The molecule has 1 heterocycles. The summed E-state index contributed by atoms with van der Waals surface area (Å²) in [5.74, 6) is 0.911. The van der Waals surface area contributed by atoms with Gasteiger partial charge >= 0.3 is 0 Å². The maximum absolute atomic E-state index is 12.2. The summed E-state index contributed by atoms with van der Waals surface area (Å²) in [5.41, 5.74) is 0.987. The average Bonchev–Trinajstić information content (AvgIpc) is 2.44. The minimum absolute atomic E-state index is 0.219. The van der Waals surface area contributed by atoms with Gasteiger partial charge in [-0.05, 0) is 39.3 Å². The molecular formula is C17H21ClN4O. The number of anilines is 1. The minimum Gasteiger partial charge on any atom is -0.366 e. The highest BCUT2D eigenvalue weighted by atomic mass is 35.5. The van der Waals surface area contributed by atoms with Crippen molar-refractivity contribution < 1.29 is 4.79 Å². The van der Waals surface area contributed by atoms with Gasteiger partial charge in [0, 0.05) is 23.2 Å². The molecule has 0 saturated carbocycles. The fourth-order valence-electron chi connectivity index (χ4n) is 2.01. The molecule has 6 heteroatoms. The van der Waals surface area contributed by atoms with Gasteiger partial charge in [0.25, 0.3) is 5.91 Å². The van der Waals surface area contributed by atoms with Crippen LogP contribution in [0.2, 0.25) is 5.02 Å². The largest absolute Gasteiger partial charge is 0.366 e. The van der Waals surface area contributed by atoms with E-state index in [0.29, 0.717) is 28.9 Å². The van der Waals surface area contributed by atoms with E-state index in [1.54, 1.807) is 13.0 Å². The molecule has 0 spiro atoms. The van der Waals surface area contributed by atoms with E-state index in [1.165, 1.54) is 0 Å². The van der Waals surface area contributed by atoms with Gasteiger partial charge in [-0.2, -0.15) is 0 Å². The van der Waals surface area contributed by atoms with Crippen LogP contribution < -0.4 is 10.6 Å². The molecule has 0 aliphatic rings. The van der Waals surface area contributed by atoms with Crippen LogP contribution in [0.5, 0.6) is 0 Å². The molecule has 0 radical (unpaired) electrons. The Kier molecular flexibility index (Phi) is 5.21. The van der Waals surface area contributed by atoms with Crippen molar-refractivity contribution in [2.75, 3.05) is 5.32 Å². The Hall–Kier alpha value is -2.14. The molecule has 1 amide bonds. The van der Waals surface area contributed by atoms with Crippen LogP contribution in [0.1, 0.15) is 42.6 Å². The Labute approximate surface area is 141 Å². The normalized spacial score (nSPS) is 11.2. The summed E-state index contributed by atoms with van der Waals surface area (Å²) in [4.78, 5) is 20.8. The van der Waals surface area contributed by atoms with Crippen LogP contribution >= 0.6 is 11.6 Å². The molecule has 1 aromatic heterocycles. The minimum atomic E-state index is -0.318. The average molecular weight is 333 g/mol. The van der Waals surface area contributed by atoms with E-state index >= 15 is 0 Å². The molecule has 122 valence electrons. The third-order valence-electron chi connectivity index (χ3n) is 2.98. The monoisotopic (exact) mass is 332 g/mol. The molecule has 2 aromatic rings. The number of hydrogen-bond acceptors (Lipinski definition) is 4. The summed E-state index contributed by atoms with van der Waals surface area (Å²) in [6, 6.07) is 9.24.